The van der Waals surface area contributed by atoms with E-state index in [1.54, 1.807) is 4.52 Å². The van der Waals surface area contributed by atoms with Crippen molar-refractivity contribution in [1.29, 1.82) is 0 Å². The summed E-state index contributed by atoms with van der Waals surface area (Å²) in [4.78, 5) is 0. The van der Waals surface area contributed by atoms with E-state index in [0.29, 0.717) is 5.15 Å². The molecule has 2 aromatic heterocycles. The molecule has 1 aliphatic heterocycles. The van der Waals surface area contributed by atoms with E-state index in [-0.39, 0.29) is 6.10 Å². The van der Waals surface area contributed by atoms with Crippen molar-refractivity contribution in [2.75, 3.05) is 6.61 Å². The number of fused-ring (bicyclic) bond motifs is 1. The Kier molecular flexibility index (Phi) is 2.52. The molecule has 1 atom stereocenters. The minimum absolute atomic E-state index is 0.00401. The van der Waals surface area contributed by atoms with Gasteiger partial charge in [0, 0.05) is 12.2 Å². The average molecular weight is 253 g/mol. The van der Waals surface area contributed by atoms with E-state index < -0.39 is 0 Å². The first-order valence-electron chi connectivity index (χ1n) is 5.68. The van der Waals surface area contributed by atoms with Gasteiger partial charge in [-0.15, -0.1) is 10.2 Å². The predicted molar refractivity (Wildman–Crippen MR) is 63.2 cm³/mol. The summed E-state index contributed by atoms with van der Waals surface area (Å²) in [5, 5.41) is 13.2. The molecule has 1 saturated heterocycles. The van der Waals surface area contributed by atoms with Gasteiger partial charge in [0.1, 0.15) is 6.10 Å². The Morgan fingerprint density at radius 2 is 2.12 bits per heavy atom. The van der Waals surface area contributed by atoms with E-state index in [4.69, 9.17) is 16.3 Å². The zero-order valence-electron chi connectivity index (χ0n) is 9.77. The van der Waals surface area contributed by atoms with Gasteiger partial charge in [0.15, 0.2) is 16.6 Å². The molecule has 3 rings (SSSR count). The van der Waals surface area contributed by atoms with Crippen LogP contribution in [0.3, 0.4) is 0 Å². The van der Waals surface area contributed by atoms with Crippen LogP contribution >= 0.6 is 11.6 Å². The van der Waals surface area contributed by atoms with Gasteiger partial charge < -0.3 is 4.74 Å². The lowest BCUT2D eigenvalue weighted by molar-refractivity contribution is 0.103. The van der Waals surface area contributed by atoms with E-state index in [0.717, 1.165) is 42.0 Å². The fraction of sp³-hybridized carbons (Fsp3) is 0.545. The highest BCUT2D eigenvalue weighted by Gasteiger charge is 2.24. The van der Waals surface area contributed by atoms with Crippen molar-refractivity contribution in [3.63, 3.8) is 0 Å². The Morgan fingerprint density at radius 3 is 2.82 bits per heavy atom. The quantitative estimate of drug-likeness (QED) is 0.781. The van der Waals surface area contributed by atoms with Crippen LogP contribution in [0.25, 0.3) is 5.65 Å². The molecule has 17 heavy (non-hydrogen) atoms. The van der Waals surface area contributed by atoms with Gasteiger partial charge in [0.05, 0.1) is 0 Å². The van der Waals surface area contributed by atoms with Gasteiger partial charge in [-0.2, -0.15) is 9.61 Å². The van der Waals surface area contributed by atoms with E-state index >= 15 is 0 Å². The number of aryl methyl sites for hydroxylation is 1. The molecule has 6 heteroatoms. The van der Waals surface area contributed by atoms with Crippen LogP contribution < -0.4 is 0 Å². The Balaban J connectivity index is 2.21. The predicted octanol–water partition coefficient (Wildman–Crippen LogP) is 2.25. The van der Waals surface area contributed by atoms with Gasteiger partial charge in [0.25, 0.3) is 0 Å². The summed E-state index contributed by atoms with van der Waals surface area (Å²) in [6, 6.07) is 0. The minimum atomic E-state index is -0.00401. The third-order valence-electron chi connectivity index (χ3n) is 3.28. The smallest absolute Gasteiger partial charge is 0.183 e. The van der Waals surface area contributed by atoms with Crippen molar-refractivity contribution in [3.05, 3.63) is 22.1 Å². The maximum Gasteiger partial charge on any atom is 0.183 e. The molecule has 0 radical (unpaired) electrons. The number of nitrogens with zero attached hydrogens (tertiary/aromatic N) is 4. The first-order valence-corrected chi connectivity index (χ1v) is 6.06. The maximum atomic E-state index is 6.10. The van der Waals surface area contributed by atoms with Crippen molar-refractivity contribution in [1.82, 2.24) is 19.8 Å². The molecule has 2 aromatic rings. The van der Waals surface area contributed by atoms with Gasteiger partial charge in [-0.3, -0.25) is 0 Å². The Bertz CT molecular complexity index is 574. The van der Waals surface area contributed by atoms with Crippen molar-refractivity contribution < 1.29 is 4.74 Å². The Labute approximate surface area is 104 Å². The molecule has 1 aliphatic rings. The topological polar surface area (TPSA) is 52.3 Å². The molecule has 0 spiro atoms. The van der Waals surface area contributed by atoms with Crippen LogP contribution in [0.5, 0.6) is 0 Å². The lowest BCUT2D eigenvalue weighted by atomic mass is 10.2. The second-order valence-corrected chi connectivity index (χ2v) is 4.69. The van der Waals surface area contributed by atoms with Crippen LogP contribution in [0, 0.1) is 13.8 Å². The number of halogens is 1. The summed E-state index contributed by atoms with van der Waals surface area (Å²) < 4.78 is 7.32. The summed E-state index contributed by atoms with van der Waals surface area (Å²) in [7, 11) is 0. The molecule has 0 saturated carbocycles. The minimum Gasteiger partial charge on any atom is -0.370 e. The lowest BCUT2D eigenvalue weighted by Crippen LogP contribution is -2.06. The molecular formula is C11H13ClN4O. The summed E-state index contributed by atoms with van der Waals surface area (Å²) >= 11 is 6.10. The van der Waals surface area contributed by atoms with Crippen LogP contribution in [-0.2, 0) is 4.74 Å². The van der Waals surface area contributed by atoms with Crippen molar-refractivity contribution in [3.8, 4) is 0 Å². The van der Waals surface area contributed by atoms with Gasteiger partial charge in [-0.25, -0.2) is 0 Å². The lowest BCUT2D eigenvalue weighted by Gasteiger charge is -2.08. The summed E-state index contributed by atoms with van der Waals surface area (Å²) in [5.41, 5.74) is 2.73. The van der Waals surface area contributed by atoms with Crippen LogP contribution in [0.15, 0.2) is 0 Å². The standard InChI is InChI=1S/C11H13ClN4O/c1-6-7(2)10-13-14-11(8-4-3-5-17-8)16(10)15-9(6)12/h8H,3-5H2,1-2H3. The summed E-state index contributed by atoms with van der Waals surface area (Å²) in [5.74, 6) is 0.752. The van der Waals surface area contributed by atoms with E-state index in [2.05, 4.69) is 15.3 Å². The first kappa shape index (κ1) is 10.9. The zero-order chi connectivity index (χ0) is 12.0. The molecule has 90 valence electrons. The van der Waals surface area contributed by atoms with Gasteiger partial charge in [0.2, 0.25) is 0 Å². The van der Waals surface area contributed by atoms with Gasteiger partial charge in [-0.1, -0.05) is 11.6 Å². The summed E-state index contributed by atoms with van der Waals surface area (Å²) in [6.45, 7) is 4.69. The van der Waals surface area contributed by atoms with Crippen LogP contribution in [-0.4, -0.2) is 26.4 Å². The van der Waals surface area contributed by atoms with Crippen LogP contribution in [0.1, 0.15) is 35.9 Å². The van der Waals surface area contributed by atoms with Crippen LogP contribution in [0.2, 0.25) is 5.15 Å². The number of hydrogen-bond acceptors (Lipinski definition) is 4. The van der Waals surface area contributed by atoms with Crippen LogP contribution in [0.4, 0.5) is 0 Å². The first-order chi connectivity index (χ1) is 8.18. The Morgan fingerprint density at radius 1 is 1.29 bits per heavy atom. The molecular weight excluding hydrogens is 240 g/mol. The third-order valence-corrected chi connectivity index (χ3v) is 3.64. The second-order valence-electron chi connectivity index (χ2n) is 4.34. The molecule has 1 fully saturated rings. The van der Waals surface area contributed by atoms with Gasteiger partial charge in [-0.05, 0) is 32.3 Å². The molecule has 0 amide bonds. The number of rotatable bonds is 1. The van der Waals surface area contributed by atoms with E-state index in [1.807, 2.05) is 13.8 Å². The zero-order valence-corrected chi connectivity index (χ0v) is 10.5. The number of ether oxygens (including phenoxy) is 1. The van der Waals surface area contributed by atoms with E-state index in [1.165, 1.54) is 0 Å². The highest BCUT2D eigenvalue weighted by Crippen LogP contribution is 2.28. The fourth-order valence-corrected chi connectivity index (χ4v) is 2.31. The molecule has 0 aliphatic carbocycles. The SMILES string of the molecule is Cc1c(Cl)nn2c(C3CCCO3)nnc2c1C. The molecule has 1 unspecified atom stereocenters. The number of aromatic nitrogens is 4. The molecule has 0 aromatic carbocycles. The largest absolute Gasteiger partial charge is 0.370 e. The van der Waals surface area contributed by atoms with Crippen molar-refractivity contribution in [2.24, 2.45) is 0 Å². The third kappa shape index (κ3) is 1.61. The summed E-state index contributed by atoms with van der Waals surface area (Å²) in [6.07, 6.45) is 2.02. The van der Waals surface area contributed by atoms with E-state index in [9.17, 15) is 0 Å². The second kappa shape index (κ2) is 3.92. The Hall–Kier alpha value is -1.20. The highest BCUT2D eigenvalue weighted by molar-refractivity contribution is 6.30. The highest BCUT2D eigenvalue weighted by atomic mass is 35.5. The molecule has 5 nitrogen and oxygen atoms in total. The maximum absolute atomic E-state index is 6.10. The van der Waals surface area contributed by atoms with Crippen molar-refractivity contribution in [2.45, 2.75) is 32.8 Å². The average Bonchev–Trinajstić information content (AvgIpc) is 2.93. The number of hydrogen-bond donors (Lipinski definition) is 0. The molecule has 3 heterocycles. The molecule has 0 N–H and O–H groups in total. The van der Waals surface area contributed by atoms with Crippen molar-refractivity contribution >= 4 is 17.2 Å². The molecule has 0 bridgehead atoms. The fourth-order valence-electron chi connectivity index (χ4n) is 2.09. The normalized spacial score (nSPS) is 20.3. The monoisotopic (exact) mass is 252 g/mol. The van der Waals surface area contributed by atoms with Gasteiger partial charge >= 0.3 is 0 Å².